The number of rotatable bonds is 3. The molecule has 0 saturated carbocycles. The van der Waals surface area contributed by atoms with E-state index in [0.717, 1.165) is 15.4 Å². The van der Waals surface area contributed by atoms with Gasteiger partial charge in [0.2, 0.25) is 5.12 Å². The van der Waals surface area contributed by atoms with Crippen molar-refractivity contribution in [2.24, 2.45) is 0 Å². The Kier molecular flexibility index (Phi) is 4.17. The van der Waals surface area contributed by atoms with E-state index in [4.69, 9.17) is 0 Å². The van der Waals surface area contributed by atoms with Crippen molar-refractivity contribution in [3.63, 3.8) is 0 Å². The highest BCUT2D eigenvalue weighted by molar-refractivity contribution is 8.30. The monoisotopic (exact) mass is 292 g/mol. The second-order valence-corrected chi connectivity index (χ2v) is 6.79. The average Bonchev–Trinajstić information content (AvgIpc) is 2.58. The van der Waals surface area contributed by atoms with Gasteiger partial charge in [-0.3, -0.25) is 4.79 Å². The molecule has 0 aliphatic heterocycles. The Morgan fingerprint density at radius 1 is 0.571 bits per heavy atom. The van der Waals surface area contributed by atoms with Crippen LogP contribution in [0.15, 0.2) is 101 Å². The Morgan fingerprint density at radius 2 is 0.952 bits per heavy atom. The first-order chi connectivity index (χ1) is 10.4. The topological polar surface area (TPSA) is 17.1 Å². The molecule has 0 N–H and O–H groups in total. The predicted octanol–water partition coefficient (Wildman–Crippen LogP) is 4.95. The molecule has 0 aliphatic rings. The third-order valence-corrected chi connectivity index (χ3v) is 5.55. The molecule has 0 saturated heterocycles. The minimum atomic E-state index is -1.03. The Bertz CT molecular complexity index is 669. The highest BCUT2D eigenvalue weighted by atomic mass is 32.2. The molecule has 0 amide bonds. The molecule has 0 heterocycles. The number of benzene rings is 3. The van der Waals surface area contributed by atoms with Crippen LogP contribution in [0.4, 0.5) is 0 Å². The molecule has 1 nitrogen and oxygen atoms in total. The Morgan fingerprint density at radius 3 is 1.38 bits per heavy atom. The summed E-state index contributed by atoms with van der Waals surface area (Å²) in [5.74, 6) is 0. The summed E-state index contributed by atoms with van der Waals surface area (Å²) in [6.07, 6.45) is 0. The van der Waals surface area contributed by atoms with Crippen molar-refractivity contribution in [3.05, 3.63) is 96.6 Å². The highest BCUT2D eigenvalue weighted by Gasteiger charge is 2.19. The standard InChI is InChI=1S/C19H16OS/c20-19(16-10-4-1-5-11-16)21(17-12-6-2-7-13-17)18-14-8-3-9-15-18/h1-15,21H. The first-order valence-electron chi connectivity index (χ1n) is 6.86. The fourth-order valence-corrected chi connectivity index (χ4v) is 4.36. The zero-order chi connectivity index (χ0) is 14.5. The first-order valence-corrected chi connectivity index (χ1v) is 8.20. The van der Waals surface area contributed by atoms with Crippen LogP contribution in [0.25, 0.3) is 0 Å². The number of carbonyl (C=O) groups excluding carboxylic acids is 1. The number of carbonyl (C=O) groups is 1. The summed E-state index contributed by atoms with van der Waals surface area (Å²) in [6.45, 7) is 0. The largest absolute Gasteiger partial charge is 0.283 e. The molecule has 0 atom stereocenters. The van der Waals surface area contributed by atoms with Gasteiger partial charge in [-0.2, -0.15) is 0 Å². The maximum Gasteiger partial charge on any atom is 0.207 e. The summed E-state index contributed by atoms with van der Waals surface area (Å²) in [7, 11) is -1.03. The normalized spacial score (nSPS) is 11.0. The van der Waals surface area contributed by atoms with Crippen molar-refractivity contribution >= 4 is 16.0 Å². The van der Waals surface area contributed by atoms with Crippen molar-refractivity contribution in [2.45, 2.75) is 9.79 Å². The summed E-state index contributed by atoms with van der Waals surface area (Å²) in [5, 5.41) is 0.197. The van der Waals surface area contributed by atoms with Gasteiger partial charge in [0, 0.05) is 5.56 Å². The van der Waals surface area contributed by atoms with Gasteiger partial charge in [-0.1, -0.05) is 66.7 Å². The molecule has 0 unspecified atom stereocenters. The minimum Gasteiger partial charge on any atom is -0.283 e. The minimum absolute atomic E-state index is 0.197. The second kappa shape index (κ2) is 6.42. The van der Waals surface area contributed by atoms with E-state index in [1.54, 1.807) is 0 Å². The lowest BCUT2D eigenvalue weighted by atomic mass is 10.2. The van der Waals surface area contributed by atoms with Gasteiger partial charge in [0.15, 0.2) is 0 Å². The molecule has 3 rings (SSSR count). The van der Waals surface area contributed by atoms with E-state index in [1.807, 2.05) is 91.0 Å². The van der Waals surface area contributed by atoms with Crippen LogP contribution in [-0.2, 0) is 0 Å². The maximum absolute atomic E-state index is 13.0. The lowest BCUT2D eigenvalue weighted by molar-refractivity contribution is 0.108. The molecule has 0 aromatic heterocycles. The van der Waals surface area contributed by atoms with Crippen LogP contribution in [0.2, 0.25) is 0 Å². The van der Waals surface area contributed by atoms with E-state index in [9.17, 15) is 4.79 Å². The van der Waals surface area contributed by atoms with E-state index >= 15 is 0 Å². The van der Waals surface area contributed by atoms with Gasteiger partial charge in [-0.25, -0.2) is 0 Å². The average molecular weight is 292 g/mol. The molecule has 0 radical (unpaired) electrons. The van der Waals surface area contributed by atoms with Gasteiger partial charge in [-0.05, 0) is 34.1 Å². The van der Waals surface area contributed by atoms with Crippen LogP contribution in [0.3, 0.4) is 0 Å². The summed E-state index contributed by atoms with van der Waals surface area (Å²) in [5.41, 5.74) is 0.774. The predicted molar refractivity (Wildman–Crippen MR) is 89.2 cm³/mol. The maximum atomic E-state index is 13.0. The molecular weight excluding hydrogens is 276 g/mol. The van der Waals surface area contributed by atoms with Gasteiger partial charge in [-0.15, -0.1) is 10.9 Å². The van der Waals surface area contributed by atoms with Crippen LogP contribution in [0.5, 0.6) is 0 Å². The molecule has 21 heavy (non-hydrogen) atoms. The highest BCUT2D eigenvalue weighted by Crippen LogP contribution is 2.46. The zero-order valence-corrected chi connectivity index (χ0v) is 12.4. The fraction of sp³-hybridized carbons (Fsp3) is 0. The second-order valence-electron chi connectivity index (χ2n) is 4.68. The van der Waals surface area contributed by atoms with Crippen molar-refractivity contribution < 1.29 is 4.79 Å². The molecule has 0 fully saturated rings. The molecule has 2 heteroatoms. The van der Waals surface area contributed by atoms with E-state index in [0.29, 0.717) is 0 Å². The Labute approximate surface area is 127 Å². The third-order valence-electron chi connectivity index (χ3n) is 3.25. The number of thiol groups is 1. The number of hydrogen-bond acceptors (Lipinski definition) is 1. The third kappa shape index (κ3) is 3.06. The van der Waals surface area contributed by atoms with Crippen LogP contribution in [0, 0.1) is 0 Å². The summed E-state index contributed by atoms with van der Waals surface area (Å²) >= 11 is 0. The molecule has 3 aromatic carbocycles. The first kappa shape index (κ1) is 13.7. The molecule has 0 spiro atoms. The lowest BCUT2D eigenvalue weighted by Gasteiger charge is -2.21. The van der Waals surface area contributed by atoms with Gasteiger partial charge >= 0.3 is 0 Å². The van der Waals surface area contributed by atoms with Crippen LogP contribution >= 0.6 is 10.9 Å². The van der Waals surface area contributed by atoms with Crippen molar-refractivity contribution in [2.75, 3.05) is 0 Å². The van der Waals surface area contributed by atoms with E-state index in [2.05, 4.69) is 0 Å². The summed E-state index contributed by atoms with van der Waals surface area (Å²) in [6, 6.07) is 29.6. The molecular formula is C19H16OS. The molecule has 3 aromatic rings. The van der Waals surface area contributed by atoms with Crippen LogP contribution < -0.4 is 0 Å². The summed E-state index contributed by atoms with van der Waals surface area (Å²) < 4.78 is 0. The summed E-state index contributed by atoms with van der Waals surface area (Å²) in [4.78, 5) is 15.2. The smallest absolute Gasteiger partial charge is 0.207 e. The van der Waals surface area contributed by atoms with Crippen molar-refractivity contribution in [3.8, 4) is 0 Å². The lowest BCUT2D eigenvalue weighted by Crippen LogP contribution is -2.01. The van der Waals surface area contributed by atoms with E-state index in [-0.39, 0.29) is 5.12 Å². The Balaban J connectivity index is 2.07. The van der Waals surface area contributed by atoms with Gasteiger partial charge < -0.3 is 0 Å². The van der Waals surface area contributed by atoms with Crippen LogP contribution in [0.1, 0.15) is 10.4 Å². The fourth-order valence-electron chi connectivity index (χ4n) is 2.25. The van der Waals surface area contributed by atoms with Gasteiger partial charge in [0.05, 0.1) is 0 Å². The van der Waals surface area contributed by atoms with E-state index in [1.165, 1.54) is 0 Å². The zero-order valence-electron chi connectivity index (χ0n) is 11.5. The Hall–Kier alpha value is -2.32. The van der Waals surface area contributed by atoms with Crippen molar-refractivity contribution in [1.29, 1.82) is 0 Å². The van der Waals surface area contributed by atoms with Gasteiger partial charge in [0.1, 0.15) is 0 Å². The van der Waals surface area contributed by atoms with E-state index < -0.39 is 10.9 Å². The quantitative estimate of drug-likeness (QED) is 0.676. The van der Waals surface area contributed by atoms with Crippen LogP contribution in [-0.4, -0.2) is 5.12 Å². The van der Waals surface area contributed by atoms with Crippen molar-refractivity contribution in [1.82, 2.24) is 0 Å². The molecule has 0 aliphatic carbocycles. The van der Waals surface area contributed by atoms with Gasteiger partial charge in [0.25, 0.3) is 0 Å². The SMILES string of the molecule is O=C(c1ccccc1)[SH](c1ccccc1)c1ccccc1. The molecule has 104 valence electrons. The number of hydrogen-bond donors (Lipinski definition) is 1. The molecule has 0 bridgehead atoms.